The smallest absolute Gasteiger partial charge is 0.205 e. The maximum atomic E-state index is 12.9. The number of aromatic amines is 1. The van der Waals surface area contributed by atoms with Gasteiger partial charge in [-0.3, -0.25) is 4.79 Å². The number of carbonyl (C=O) groups is 1. The Morgan fingerprint density at radius 1 is 1.12 bits per heavy atom. The van der Waals surface area contributed by atoms with Crippen LogP contribution in [0.3, 0.4) is 0 Å². The fourth-order valence-electron chi connectivity index (χ4n) is 3.51. The van der Waals surface area contributed by atoms with Crippen molar-refractivity contribution in [2.45, 2.75) is 26.7 Å². The number of nitrogens with one attached hydrogen (secondary N) is 1. The topological polar surface area (TPSA) is 42.1 Å². The van der Waals surface area contributed by atoms with E-state index in [2.05, 4.69) is 30.1 Å². The minimum Gasteiger partial charge on any atom is -0.494 e. The van der Waals surface area contributed by atoms with E-state index >= 15 is 0 Å². The lowest BCUT2D eigenvalue weighted by Gasteiger charge is -2.14. The molecule has 1 N–H and O–H groups in total. The van der Waals surface area contributed by atoms with Crippen molar-refractivity contribution in [3.63, 3.8) is 0 Å². The summed E-state index contributed by atoms with van der Waals surface area (Å²) in [7, 11) is 0. The molecule has 0 unspecified atom stereocenters. The van der Waals surface area contributed by atoms with Gasteiger partial charge in [0.1, 0.15) is 5.75 Å². The second-order valence-electron chi connectivity index (χ2n) is 6.53. The molecule has 0 fully saturated rings. The average Bonchev–Trinajstić information content (AvgIpc) is 2.98. The number of carbonyl (C=O) groups excluding carboxylic acids is 1. The normalized spacial score (nSPS) is 15.6. The fraction of sp³-hybridized carbons (Fsp3) is 0.227. The third-order valence-electron chi connectivity index (χ3n) is 4.76. The number of H-pyrrole nitrogens is 1. The van der Waals surface area contributed by atoms with Crippen molar-refractivity contribution >= 4 is 22.8 Å². The van der Waals surface area contributed by atoms with Crippen LogP contribution in [0.15, 0.2) is 48.0 Å². The summed E-state index contributed by atoms with van der Waals surface area (Å²) in [5, 5.41) is 1.18. The van der Waals surface area contributed by atoms with Gasteiger partial charge in [-0.1, -0.05) is 23.8 Å². The van der Waals surface area contributed by atoms with Gasteiger partial charge in [0.25, 0.3) is 0 Å². The Morgan fingerprint density at radius 2 is 1.92 bits per heavy atom. The average molecular weight is 331 g/mol. The molecule has 3 heteroatoms. The third kappa shape index (κ3) is 2.86. The van der Waals surface area contributed by atoms with Crippen molar-refractivity contribution in [2.24, 2.45) is 0 Å². The first-order chi connectivity index (χ1) is 12.2. The molecule has 1 heterocycles. The lowest BCUT2D eigenvalue weighted by Crippen LogP contribution is -2.13. The number of aryl methyl sites for hydroxylation is 2. The number of benzene rings is 2. The van der Waals surface area contributed by atoms with Crippen LogP contribution in [-0.2, 0) is 6.42 Å². The van der Waals surface area contributed by atoms with E-state index in [9.17, 15) is 4.79 Å². The van der Waals surface area contributed by atoms with Gasteiger partial charge in [0.15, 0.2) is 0 Å². The summed E-state index contributed by atoms with van der Waals surface area (Å²) in [6, 6.07) is 14.2. The first-order valence-corrected chi connectivity index (χ1v) is 8.75. The molecule has 4 rings (SSSR count). The molecule has 3 nitrogen and oxygen atoms in total. The predicted molar refractivity (Wildman–Crippen MR) is 101 cm³/mol. The molecule has 1 aromatic heterocycles. The molecule has 0 atom stereocenters. The van der Waals surface area contributed by atoms with Crippen molar-refractivity contribution in [1.29, 1.82) is 0 Å². The van der Waals surface area contributed by atoms with Gasteiger partial charge < -0.3 is 9.72 Å². The number of rotatable bonds is 3. The number of ether oxygens (including phenoxy) is 1. The van der Waals surface area contributed by atoms with Crippen LogP contribution in [-0.4, -0.2) is 17.4 Å². The number of hydrogen-bond acceptors (Lipinski definition) is 2. The van der Waals surface area contributed by atoms with Gasteiger partial charge >= 0.3 is 0 Å². The van der Waals surface area contributed by atoms with Crippen molar-refractivity contribution < 1.29 is 9.53 Å². The lowest BCUT2D eigenvalue weighted by atomic mass is 9.89. The summed E-state index contributed by atoms with van der Waals surface area (Å²) >= 11 is 0. The predicted octanol–water partition coefficient (Wildman–Crippen LogP) is 5.09. The van der Waals surface area contributed by atoms with E-state index in [0.717, 1.165) is 46.5 Å². The standard InChI is InChI=1S/C22H21NO2/c1-3-25-17-8-5-15(6-9-17)13-16-7-10-18-19-12-14(2)4-11-20(19)23-21(18)22(16)24/h4-6,8-9,11-13,23H,3,7,10H2,1-2H3/b16-13+. The molecule has 0 saturated heterocycles. The Balaban J connectivity index is 1.68. The van der Waals surface area contributed by atoms with E-state index in [1.807, 2.05) is 37.3 Å². The van der Waals surface area contributed by atoms with Crippen LogP contribution in [0.1, 0.15) is 40.5 Å². The minimum absolute atomic E-state index is 0.115. The van der Waals surface area contributed by atoms with Crippen molar-refractivity contribution in [3.8, 4) is 5.75 Å². The van der Waals surface area contributed by atoms with Crippen LogP contribution in [0, 0.1) is 6.92 Å². The van der Waals surface area contributed by atoms with Crippen LogP contribution in [0.5, 0.6) is 5.75 Å². The van der Waals surface area contributed by atoms with Crippen LogP contribution < -0.4 is 4.74 Å². The first-order valence-electron chi connectivity index (χ1n) is 8.75. The molecule has 0 aliphatic heterocycles. The summed E-state index contributed by atoms with van der Waals surface area (Å²) in [6.45, 7) is 4.71. The molecule has 0 spiro atoms. The number of hydrogen-bond donors (Lipinski definition) is 1. The summed E-state index contributed by atoms with van der Waals surface area (Å²) in [5.41, 5.74) is 6.07. The van der Waals surface area contributed by atoms with Crippen LogP contribution in [0.4, 0.5) is 0 Å². The third-order valence-corrected chi connectivity index (χ3v) is 4.76. The fourth-order valence-corrected chi connectivity index (χ4v) is 3.51. The highest BCUT2D eigenvalue weighted by Crippen LogP contribution is 2.32. The number of aromatic nitrogens is 1. The molecule has 3 aromatic rings. The zero-order valence-electron chi connectivity index (χ0n) is 14.6. The molecular weight excluding hydrogens is 310 g/mol. The van der Waals surface area contributed by atoms with Crippen molar-refractivity contribution in [1.82, 2.24) is 4.98 Å². The van der Waals surface area contributed by atoms with E-state index in [-0.39, 0.29) is 5.78 Å². The van der Waals surface area contributed by atoms with E-state index in [0.29, 0.717) is 6.61 Å². The van der Waals surface area contributed by atoms with Gasteiger partial charge in [0.05, 0.1) is 12.3 Å². The highest BCUT2D eigenvalue weighted by molar-refractivity contribution is 6.15. The van der Waals surface area contributed by atoms with Crippen LogP contribution in [0.2, 0.25) is 0 Å². The Morgan fingerprint density at radius 3 is 2.68 bits per heavy atom. The van der Waals surface area contributed by atoms with Gasteiger partial charge in [-0.15, -0.1) is 0 Å². The van der Waals surface area contributed by atoms with E-state index in [1.165, 1.54) is 10.9 Å². The summed E-state index contributed by atoms with van der Waals surface area (Å²) in [4.78, 5) is 16.2. The molecule has 126 valence electrons. The zero-order valence-corrected chi connectivity index (χ0v) is 14.6. The largest absolute Gasteiger partial charge is 0.494 e. The van der Waals surface area contributed by atoms with Crippen molar-refractivity contribution in [2.75, 3.05) is 6.61 Å². The van der Waals surface area contributed by atoms with E-state index < -0.39 is 0 Å². The van der Waals surface area contributed by atoms with Gasteiger partial charge in [-0.2, -0.15) is 0 Å². The summed E-state index contributed by atoms with van der Waals surface area (Å²) < 4.78 is 5.47. The second-order valence-corrected chi connectivity index (χ2v) is 6.53. The van der Waals surface area contributed by atoms with Gasteiger partial charge in [0, 0.05) is 16.5 Å². The molecule has 0 saturated carbocycles. The zero-order chi connectivity index (χ0) is 17.4. The van der Waals surface area contributed by atoms with Crippen molar-refractivity contribution in [3.05, 3.63) is 70.4 Å². The number of Topliss-reactive ketones (excluding diaryl/α,β-unsaturated/α-hetero) is 1. The first kappa shape index (κ1) is 15.7. The molecular formula is C22H21NO2. The Hall–Kier alpha value is -2.81. The van der Waals surface area contributed by atoms with Gasteiger partial charge in [-0.05, 0) is 68.2 Å². The monoisotopic (exact) mass is 331 g/mol. The Labute approximate surface area is 147 Å². The molecule has 0 amide bonds. The highest BCUT2D eigenvalue weighted by Gasteiger charge is 2.25. The van der Waals surface area contributed by atoms with Crippen LogP contribution in [0.25, 0.3) is 17.0 Å². The van der Waals surface area contributed by atoms with E-state index in [1.54, 1.807) is 0 Å². The summed E-state index contributed by atoms with van der Waals surface area (Å²) in [6.07, 6.45) is 3.67. The number of fused-ring (bicyclic) bond motifs is 3. The number of allylic oxidation sites excluding steroid dienone is 1. The molecule has 0 bridgehead atoms. The summed E-state index contributed by atoms with van der Waals surface area (Å²) in [5.74, 6) is 0.969. The maximum absolute atomic E-state index is 12.9. The second kappa shape index (κ2) is 6.25. The van der Waals surface area contributed by atoms with Gasteiger partial charge in [-0.25, -0.2) is 0 Å². The quantitative estimate of drug-likeness (QED) is 0.679. The minimum atomic E-state index is 0.115. The lowest BCUT2D eigenvalue weighted by molar-refractivity contribution is 0.102. The molecule has 0 radical (unpaired) electrons. The SMILES string of the molecule is CCOc1ccc(/C=C2\CCc3c([nH]c4ccc(C)cc34)C2=O)cc1. The maximum Gasteiger partial charge on any atom is 0.205 e. The Kier molecular flexibility index (Phi) is 3.92. The molecule has 1 aliphatic rings. The molecule has 1 aliphatic carbocycles. The van der Waals surface area contributed by atoms with E-state index in [4.69, 9.17) is 4.74 Å². The Bertz CT molecular complexity index is 977. The highest BCUT2D eigenvalue weighted by atomic mass is 16.5. The molecule has 2 aromatic carbocycles. The number of ketones is 1. The molecule has 25 heavy (non-hydrogen) atoms. The van der Waals surface area contributed by atoms with Gasteiger partial charge in [0.2, 0.25) is 5.78 Å². The van der Waals surface area contributed by atoms with Crippen LogP contribution >= 0.6 is 0 Å².